The van der Waals surface area contributed by atoms with Crippen LogP contribution >= 0.6 is 11.6 Å². The van der Waals surface area contributed by atoms with Gasteiger partial charge in [-0.2, -0.15) is 0 Å². The fourth-order valence-electron chi connectivity index (χ4n) is 1.85. The largest absolute Gasteiger partial charge is 0.492 e. The standard InChI is InChI=1S/C17H21ClN2O/c1-20(2)11-12-21-16-9-7-15(8-10-16)19-13-14-5-3-4-6-17(14)18/h3-10,19H,11-13H2,1-2H3. The van der Waals surface area contributed by atoms with Gasteiger partial charge in [0, 0.05) is 23.8 Å². The molecule has 0 unspecified atom stereocenters. The van der Waals surface area contributed by atoms with Crippen LogP contribution in [0.5, 0.6) is 5.75 Å². The first kappa shape index (κ1) is 15.7. The van der Waals surface area contributed by atoms with Crippen molar-refractivity contribution in [1.29, 1.82) is 0 Å². The number of hydrogen-bond acceptors (Lipinski definition) is 3. The Balaban J connectivity index is 1.84. The molecule has 2 rings (SSSR count). The van der Waals surface area contributed by atoms with Crippen LogP contribution in [0.4, 0.5) is 5.69 Å². The zero-order valence-corrected chi connectivity index (χ0v) is 13.2. The maximum absolute atomic E-state index is 6.13. The first-order chi connectivity index (χ1) is 10.1. The topological polar surface area (TPSA) is 24.5 Å². The molecule has 21 heavy (non-hydrogen) atoms. The fraction of sp³-hybridized carbons (Fsp3) is 0.294. The number of nitrogens with one attached hydrogen (secondary N) is 1. The van der Waals surface area contributed by atoms with Crippen molar-refractivity contribution < 1.29 is 4.74 Å². The van der Waals surface area contributed by atoms with Gasteiger partial charge < -0.3 is 15.0 Å². The van der Waals surface area contributed by atoms with Gasteiger partial charge in [0.05, 0.1) is 0 Å². The highest BCUT2D eigenvalue weighted by Gasteiger charge is 2.00. The van der Waals surface area contributed by atoms with Gasteiger partial charge in [-0.1, -0.05) is 29.8 Å². The third-order valence-electron chi connectivity index (χ3n) is 3.10. The van der Waals surface area contributed by atoms with E-state index < -0.39 is 0 Å². The Kier molecular flexibility index (Phi) is 5.90. The molecule has 3 nitrogen and oxygen atoms in total. The summed E-state index contributed by atoms with van der Waals surface area (Å²) in [5.74, 6) is 0.889. The van der Waals surface area contributed by atoms with Gasteiger partial charge >= 0.3 is 0 Å². The van der Waals surface area contributed by atoms with E-state index in [0.717, 1.165) is 28.6 Å². The van der Waals surface area contributed by atoms with Gasteiger partial charge in [0.25, 0.3) is 0 Å². The van der Waals surface area contributed by atoms with Crippen molar-refractivity contribution >= 4 is 17.3 Å². The predicted molar refractivity (Wildman–Crippen MR) is 89.3 cm³/mol. The van der Waals surface area contributed by atoms with Crippen molar-refractivity contribution in [3.8, 4) is 5.75 Å². The van der Waals surface area contributed by atoms with Crippen molar-refractivity contribution in [3.63, 3.8) is 0 Å². The number of nitrogens with zero attached hydrogens (tertiary/aromatic N) is 1. The molecule has 2 aromatic rings. The van der Waals surface area contributed by atoms with E-state index in [1.54, 1.807) is 0 Å². The Hall–Kier alpha value is -1.71. The van der Waals surface area contributed by atoms with Crippen LogP contribution in [-0.4, -0.2) is 32.1 Å². The molecule has 112 valence electrons. The van der Waals surface area contributed by atoms with Crippen LogP contribution in [0.2, 0.25) is 5.02 Å². The van der Waals surface area contributed by atoms with Gasteiger partial charge in [-0.25, -0.2) is 0 Å². The van der Waals surface area contributed by atoms with E-state index in [1.807, 2.05) is 62.6 Å². The third kappa shape index (κ3) is 5.29. The average molecular weight is 305 g/mol. The Morgan fingerprint density at radius 1 is 1.05 bits per heavy atom. The lowest BCUT2D eigenvalue weighted by atomic mass is 10.2. The molecule has 0 atom stereocenters. The van der Waals surface area contributed by atoms with E-state index >= 15 is 0 Å². The van der Waals surface area contributed by atoms with Gasteiger partial charge in [0.15, 0.2) is 0 Å². The van der Waals surface area contributed by atoms with E-state index in [1.165, 1.54) is 0 Å². The predicted octanol–water partition coefficient (Wildman–Crippen LogP) is 3.89. The number of hydrogen-bond donors (Lipinski definition) is 1. The molecular formula is C17H21ClN2O. The van der Waals surface area contributed by atoms with Gasteiger partial charge in [0.1, 0.15) is 12.4 Å². The molecule has 0 heterocycles. The Bertz CT molecular complexity index is 555. The fourth-order valence-corrected chi connectivity index (χ4v) is 2.06. The van der Waals surface area contributed by atoms with E-state index in [-0.39, 0.29) is 0 Å². The van der Waals surface area contributed by atoms with Crippen molar-refractivity contribution in [2.75, 3.05) is 32.6 Å². The Morgan fingerprint density at radius 3 is 2.43 bits per heavy atom. The van der Waals surface area contributed by atoms with Gasteiger partial charge in [-0.3, -0.25) is 0 Å². The highest BCUT2D eigenvalue weighted by atomic mass is 35.5. The van der Waals surface area contributed by atoms with Gasteiger partial charge in [0.2, 0.25) is 0 Å². The Morgan fingerprint density at radius 2 is 1.76 bits per heavy atom. The van der Waals surface area contributed by atoms with Crippen LogP contribution in [0.25, 0.3) is 0 Å². The van der Waals surface area contributed by atoms with Crippen LogP contribution < -0.4 is 10.1 Å². The molecule has 1 N–H and O–H groups in total. The molecular weight excluding hydrogens is 284 g/mol. The quantitative estimate of drug-likeness (QED) is 0.840. The van der Waals surface area contributed by atoms with Gasteiger partial charge in [-0.05, 0) is 50.0 Å². The zero-order chi connectivity index (χ0) is 15.1. The minimum atomic E-state index is 0.694. The number of ether oxygens (including phenoxy) is 1. The maximum Gasteiger partial charge on any atom is 0.119 e. The number of likely N-dealkylation sites (N-methyl/N-ethyl adjacent to an activating group) is 1. The number of benzene rings is 2. The molecule has 0 bridgehead atoms. The molecule has 0 aliphatic carbocycles. The van der Waals surface area contributed by atoms with Crippen LogP contribution in [0.1, 0.15) is 5.56 Å². The highest BCUT2D eigenvalue weighted by molar-refractivity contribution is 6.31. The molecule has 0 aliphatic heterocycles. The molecule has 4 heteroatoms. The summed E-state index contributed by atoms with van der Waals surface area (Å²) in [6.07, 6.45) is 0. The minimum absolute atomic E-state index is 0.694. The van der Waals surface area contributed by atoms with E-state index in [0.29, 0.717) is 13.2 Å². The highest BCUT2D eigenvalue weighted by Crippen LogP contribution is 2.19. The van der Waals surface area contributed by atoms with Crippen LogP contribution in [0, 0.1) is 0 Å². The summed E-state index contributed by atoms with van der Waals surface area (Å²) in [5, 5.41) is 4.14. The number of rotatable bonds is 7. The number of halogens is 1. The van der Waals surface area contributed by atoms with Gasteiger partial charge in [-0.15, -0.1) is 0 Å². The molecule has 0 fully saturated rings. The molecule has 0 spiro atoms. The average Bonchev–Trinajstić information content (AvgIpc) is 2.47. The summed E-state index contributed by atoms with van der Waals surface area (Å²) in [7, 11) is 4.07. The Labute approximate surface area is 131 Å². The molecule has 0 aliphatic rings. The lowest BCUT2D eigenvalue weighted by Crippen LogP contribution is -2.19. The van der Waals surface area contributed by atoms with E-state index in [9.17, 15) is 0 Å². The summed E-state index contributed by atoms with van der Waals surface area (Å²) in [6.45, 7) is 2.31. The van der Waals surface area contributed by atoms with Crippen LogP contribution in [0.3, 0.4) is 0 Å². The van der Waals surface area contributed by atoms with Crippen LogP contribution in [0.15, 0.2) is 48.5 Å². The summed E-state index contributed by atoms with van der Waals surface area (Å²) < 4.78 is 5.66. The molecule has 2 aromatic carbocycles. The summed E-state index contributed by atoms with van der Waals surface area (Å²) in [5.41, 5.74) is 2.14. The monoisotopic (exact) mass is 304 g/mol. The lowest BCUT2D eigenvalue weighted by molar-refractivity contribution is 0.261. The van der Waals surface area contributed by atoms with E-state index in [2.05, 4.69) is 10.2 Å². The zero-order valence-electron chi connectivity index (χ0n) is 12.5. The second-order valence-corrected chi connectivity index (χ2v) is 5.53. The summed E-state index contributed by atoms with van der Waals surface area (Å²) in [4.78, 5) is 2.10. The second kappa shape index (κ2) is 7.91. The normalized spacial score (nSPS) is 10.7. The maximum atomic E-state index is 6.13. The third-order valence-corrected chi connectivity index (χ3v) is 3.47. The first-order valence-corrected chi connectivity index (χ1v) is 7.38. The smallest absolute Gasteiger partial charge is 0.119 e. The number of anilines is 1. The minimum Gasteiger partial charge on any atom is -0.492 e. The summed E-state index contributed by atoms with van der Waals surface area (Å²) >= 11 is 6.13. The molecule has 0 aromatic heterocycles. The molecule has 0 radical (unpaired) electrons. The van der Waals surface area contributed by atoms with Crippen LogP contribution in [-0.2, 0) is 6.54 Å². The van der Waals surface area contributed by atoms with Crippen molar-refractivity contribution in [2.24, 2.45) is 0 Å². The first-order valence-electron chi connectivity index (χ1n) is 7.00. The summed E-state index contributed by atoms with van der Waals surface area (Å²) in [6, 6.07) is 15.8. The molecule has 0 saturated heterocycles. The molecule has 0 saturated carbocycles. The van der Waals surface area contributed by atoms with Crippen molar-refractivity contribution in [1.82, 2.24) is 4.90 Å². The van der Waals surface area contributed by atoms with Crippen molar-refractivity contribution in [2.45, 2.75) is 6.54 Å². The van der Waals surface area contributed by atoms with E-state index in [4.69, 9.17) is 16.3 Å². The second-order valence-electron chi connectivity index (χ2n) is 5.12. The van der Waals surface area contributed by atoms with Crippen molar-refractivity contribution in [3.05, 3.63) is 59.1 Å². The lowest BCUT2D eigenvalue weighted by Gasteiger charge is -2.12. The molecule has 0 amide bonds. The SMILES string of the molecule is CN(C)CCOc1ccc(NCc2ccccc2Cl)cc1.